The Labute approximate surface area is 133 Å². The van der Waals surface area contributed by atoms with E-state index >= 15 is 0 Å². The summed E-state index contributed by atoms with van der Waals surface area (Å²) in [5, 5.41) is 8.65. The van der Waals surface area contributed by atoms with Crippen LogP contribution < -0.4 is 10.2 Å². The number of hydrogen-bond acceptors (Lipinski definition) is 6. The third kappa shape index (κ3) is 3.80. The zero-order valence-electron chi connectivity index (χ0n) is 12.8. The first-order valence-corrected chi connectivity index (χ1v) is 7.35. The average Bonchev–Trinajstić information content (AvgIpc) is 3.20. The molecule has 0 saturated carbocycles. The highest BCUT2D eigenvalue weighted by Crippen LogP contribution is 2.22. The molecule has 0 unspecified atom stereocenters. The van der Waals surface area contributed by atoms with Crippen molar-refractivity contribution in [3.05, 3.63) is 59.7 Å². The topological polar surface area (TPSA) is 80.7 Å². The van der Waals surface area contributed by atoms with Gasteiger partial charge in [0, 0.05) is 13.0 Å². The lowest BCUT2D eigenvalue weighted by Crippen LogP contribution is -2.06. The Kier molecular flexibility index (Phi) is 4.75. The largest absolute Gasteiger partial charge is 0.493 e. The third-order valence-electron chi connectivity index (χ3n) is 3.44. The Morgan fingerprint density at radius 2 is 2.04 bits per heavy atom. The number of ether oxygens (including phenoxy) is 1. The van der Waals surface area contributed by atoms with Gasteiger partial charge >= 0.3 is 0 Å². The van der Waals surface area contributed by atoms with Crippen molar-refractivity contribution in [1.82, 2.24) is 10.5 Å². The number of nitrogens with zero attached hydrogens (tertiary/aromatic N) is 1. The SMILES string of the molecule is Cc1oc(-c2ccco2)nc1CCOc1ccc(CNO)cc1. The lowest BCUT2D eigenvalue weighted by Gasteiger charge is -2.06. The second kappa shape index (κ2) is 7.13. The smallest absolute Gasteiger partial charge is 0.263 e. The van der Waals surface area contributed by atoms with Crippen LogP contribution in [0.3, 0.4) is 0 Å². The summed E-state index contributed by atoms with van der Waals surface area (Å²) < 4.78 is 16.6. The van der Waals surface area contributed by atoms with Crippen molar-refractivity contribution < 1.29 is 18.8 Å². The van der Waals surface area contributed by atoms with Crippen molar-refractivity contribution in [2.24, 2.45) is 0 Å². The molecule has 2 N–H and O–H groups in total. The lowest BCUT2D eigenvalue weighted by atomic mass is 10.2. The molecule has 0 amide bonds. The molecule has 0 saturated heterocycles. The first-order valence-electron chi connectivity index (χ1n) is 7.35. The van der Waals surface area contributed by atoms with Gasteiger partial charge in [-0.05, 0) is 36.8 Å². The summed E-state index contributed by atoms with van der Waals surface area (Å²) in [5.74, 6) is 2.65. The van der Waals surface area contributed by atoms with Gasteiger partial charge in [0.1, 0.15) is 11.5 Å². The summed E-state index contributed by atoms with van der Waals surface area (Å²) in [5.41, 5.74) is 3.96. The van der Waals surface area contributed by atoms with E-state index < -0.39 is 0 Å². The number of hydroxylamine groups is 1. The van der Waals surface area contributed by atoms with Gasteiger partial charge in [-0.3, -0.25) is 0 Å². The summed E-state index contributed by atoms with van der Waals surface area (Å²) in [4.78, 5) is 4.45. The van der Waals surface area contributed by atoms with E-state index in [1.165, 1.54) is 0 Å². The molecule has 0 atom stereocenters. The predicted octanol–water partition coefficient (Wildman–Crippen LogP) is 3.34. The second-order valence-corrected chi connectivity index (χ2v) is 5.08. The molecule has 0 aliphatic heterocycles. The Morgan fingerprint density at radius 3 is 2.74 bits per heavy atom. The molecule has 0 radical (unpaired) electrons. The Bertz CT molecular complexity index is 733. The molecule has 3 rings (SSSR count). The number of aryl methyl sites for hydroxylation is 1. The molecule has 23 heavy (non-hydrogen) atoms. The van der Waals surface area contributed by atoms with E-state index in [0.29, 0.717) is 31.2 Å². The van der Waals surface area contributed by atoms with E-state index in [9.17, 15) is 0 Å². The van der Waals surface area contributed by atoms with Crippen molar-refractivity contribution in [3.63, 3.8) is 0 Å². The number of nitrogens with one attached hydrogen (secondary N) is 1. The van der Waals surface area contributed by atoms with Crippen molar-refractivity contribution in [2.45, 2.75) is 19.9 Å². The minimum atomic E-state index is 0.411. The summed E-state index contributed by atoms with van der Waals surface area (Å²) in [6.45, 7) is 2.79. The maximum absolute atomic E-state index is 8.65. The van der Waals surface area contributed by atoms with E-state index in [-0.39, 0.29) is 0 Å². The van der Waals surface area contributed by atoms with Gasteiger partial charge in [0.05, 0.1) is 18.6 Å². The van der Waals surface area contributed by atoms with Gasteiger partial charge in [-0.25, -0.2) is 10.5 Å². The quantitative estimate of drug-likeness (QED) is 0.651. The summed E-state index contributed by atoms with van der Waals surface area (Å²) in [6.07, 6.45) is 2.24. The number of aromatic nitrogens is 1. The zero-order chi connectivity index (χ0) is 16.1. The van der Waals surface area contributed by atoms with Crippen LogP contribution in [0.2, 0.25) is 0 Å². The molecule has 2 aromatic heterocycles. The molecule has 0 aliphatic rings. The molecule has 3 aromatic rings. The van der Waals surface area contributed by atoms with Gasteiger partial charge in [0.15, 0.2) is 5.76 Å². The minimum Gasteiger partial charge on any atom is -0.493 e. The molecule has 0 bridgehead atoms. The number of furan rings is 1. The molecule has 0 fully saturated rings. The highest BCUT2D eigenvalue weighted by atomic mass is 16.5. The van der Waals surface area contributed by atoms with Crippen LogP contribution in [0.5, 0.6) is 5.75 Å². The van der Waals surface area contributed by atoms with Gasteiger partial charge in [-0.2, -0.15) is 0 Å². The standard InChI is InChI=1S/C17H18N2O4/c1-12-15(19-17(23-12)16-3-2-9-22-16)8-10-21-14-6-4-13(5-7-14)11-18-20/h2-7,9,18,20H,8,10-11H2,1H3. The van der Waals surface area contributed by atoms with Gasteiger partial charge in [0.2, 0.25) is 0 Å². The molecule has 2 heterocycles. The van der Waals surface area contributed by atoms with Crippen LogP contribution in [-0.2, 0) is 13.0 Å². The average molecular weight is 314 g/mol. The van der Waals surface area contributed by atoms with Gasteiger partial charge < -0.3 is 18.8 Å². The number of benzene rings is 1. The van der Waals surface area contributed by atoms with Crippen LogP contribution in [-0.4, -0.2) is 16.8 Å². The Balaban J connectivity index is 1.56. The van der Waals surface area contributed by atoms with Crippen molar-refractivity contribution in [1.29, 1.82) is 0 Å². The van der Waals surface area contributed by atoms with E-state index in [2.05, 4.69) is 10.5 Å². The molecular weight excluding hydrogens is 296 g/mol. The molecule has 120 valence electrons. The first-order chi connectivity index (χ1) is 11.3. The van der Waals surface area contributed by atoms with E-state index in [1.54, 1.807) is 12.3 Å². The monoisotopic (exact) mass is 314 g/mol. The van der Waals surface area contributed by atoms with E-state index in [0.717, 1.165) is 22.8 Å². The van der Waals surface area contributed by atoms with Crippen molar-refractivity contribution in [3.8, 4) is 17.4 Å². The van der Waals surface area contributed by atoms with Gasteiger partial charge in [0.25, 0.3) is 5.89 Å². The summed E-state index contributed by atoms with van der Waals surface area (Å²) >= 11 is 0. The van der Waals surface area contributed by atoms with E-state index in [4.69, 9.17) is 18.8 Å². The maximum Gasteiger partial charge on any atom is 0.263 e. The van der Waals surface area contributed by atoms with Gasteiger partial charge in [-0.1, -0.05) is 12.1 Å². The fourth-order valence-corrected chi connectivity index (χ4v) is 2.23. The van der Waals surface area contributed by atoms with Crippen molar-refractivity contribution in [2.75, 3.05) is 6.61 Å². The maximum atomic E-state index is 8.65. The second-order valence-electron chi connectivity index (χ2n) is 5.08. The lowest BCUT2D eigenvalue weighted by molar-refractivity contribution is 0.161. The van der Waals surface area contributed by atoms with E-state index in [1.807, 2.05) is 37.3 Å². The minimum absolute atomic E-state index is 0.411. The first kappa shape index (κ1) is 15.3. The van der Waals surface area contributed by atoms with Crippen LogP contribution in [0.15, 0.2) is 51.5 Å². The highest BCUT2D eigenvalue weighted by molar-refractivity contribution is 5.44. The van der Waals surface area contributed by atoms with Crippen LogP contribution in [0.25, 0.3) is 11.7 Å². The Morgan fingerprint density at radius 1 is 1.22 bits per heavy atom. The van der Waals surface area contributed by atoms with Crippen LogP contribution in [0.1, 0.15) is 17.0 Å². The third-order valence-corrected chi connectivity index (χ3v) is 3.44. The summed E-state index contributed by atoms with van der Waals surface area (Å²) in [6, 6.07) is 11.2. The molecular formula is C17H18N2O4. The van der Waals surface area contributed by atoms with Crippen LogP contribution in [0.4, 0.5) is 0 Å². The molecule has 1 aromatic carbocycles. The molecule has 0 aliphatic carbocycles. The zero-order valence-corrected chi connectivity index (χ0v) is 12.8. The predicted molar refractivity (Wildman–Crippen MR) is 83.2 cm³/mol. The summed E-state index contributed by atoms with van der Waals surface area (Å²) in [7, 11) is 0. The Hall–Kier alpha value is -2.57. The molecule has 6 nitrogen and oxygen atoms in total. The fraction of sp³-hybridized carbons (Fsp3) is 0.235. The van der Waals surface area contributed by atoms with Crippen LogP contribution in [0, 0.1) is 6.92 Å². The van der Waals surface area contributed by atoms with Crippen LogP contribution >= 0.6 is 0 Å². The van der Waals surface area contributed by atoms with Crippen molar-refractivity contribution >= 4 is 0 Å². The van der Waals surface area contributed by atoms with Gasteiger partial charge in [-0.15, -0.1) is 0 Å². The molecule has 6 heteroatoms. The fourth-order valence-electron chi connectivity index (χ4n) is 2.23. The number of hydrogen-bond donors (Lipinski definition) is 2. The number of rotatable bonds is 7. The highest BCUT2D eigenvalue weighted by Gasteiger charge is 2.13. The number of oxazole rings is 1. The normalized spacial score (nSPS) is 10.9. The molecule has 0 spiro atoms.